The predicted octanol–water partition coefficient (Wildman–Crippen LogP) is 3.12. The van der Waals surface area contributed by atoms with E-state index in [4.69, 9.17) is 5.11 Å². The van der Waals surface area contributed by atoms with E-state index >= 15 is 0 Å². The summed E-state index contributed by atoms with van der Waals surface area (Å²) >= 11 is 4.27. The maximum atomic E-state index is 11.1. The highest BCUT2D eigenvalue weighted by molar-refractivity contribution is 7.80. The quantitative estimate of drug-likeness (QED) is 0.566. The van der Waals surface area contributed by atoms with E-state index in [9.17, 15) is 4.79 Å². The van der Waals surface area contributed by atoms with E-state index < -0.39 is 14.0 Å². The minimum absolute atomic E-state index is 0.162. The highest BCUT2D eigenvalue weighted by Crippen LogP contribution is 2.33. The molecule has 0 aliphatic rings. The molecule has 0 amide bonds. The van der Waals surface area contributed by atoms with Gasteiger partial charge < -0.3 is 5.11 Å². The van der Waals surface area contributed by atoms with Gasteiger partial charge >= 0.3 is 5.97 Å². The third-order valence-electron chi connectivity index (χ3n) is 2.88. The fourth-order valence-electron chi connectivity index (χ4n) is 1.49. The van der Waals surface area contributed by atoms with E-state index in [1.54, 1.807) is 0 Å². The Morgan fingerprint density at radius 1 is 1.36 bits per heavy atom. The van der Waals surface area contributed by atoms with E-state index in [0.717, 1.165) is 0 Å². The van der Waals surface area contributed by atoms with Gasteiger partial charge in [0.05, 0.1) is 5.92 Å². The molecule has 0 bridgehead atoms. The smallest absolute Gasteiger partial charge is 0.306 e. The Labute approximate surface area is 93.5 Å². The standard InChI is InChI=1S/C10H22O2SSi/c1-7(13)6-9(10(11)12)8(2)14(3,4)5/h7-9,13H,6H2,1-5H3,(H,11,12). The summed E-state index contributed by atoms with van der Waals surface area (Å²) in [6.07, 6.45) is 0.671. The van der Waals surface area contributed by atoms with Gasteiger partial charge in [-0.2, -0.15) is 12.6 Å². The van der Waals surface area contributed by atoms with Crippen LogP contribution in [0.3, 0.4) is 0 Å². The molecule has 3 unspecified atom stereocenters. The van der Waals surface area contributed by atoms with Gasteiger partial charge in [-0.15, -0.1) is 0 Å². The Hall–Kier alpha value is 0.0369. The molecule has 0 saturated carbocycles. The molecular weight excluding hydrogens is 212 g/mol. The van der Waals surface area contributed by atoms with Crippen molar-refractivity contribution in [1.82, 2.24) is 0 Å². The minimum atomic E-state index is -1.37. The third kappa shape index (κ3) is 4.51. The summed E-state index contributed by atoms with van der Waals surface area (Å²) in [5.41, 5.74) is 0.301. The Kier molecular flexibility index (Phi) is 5.23. The number of aliphatic carboxylic acids is 1. The first-order valence-electron chi connectivity index (χ1n) is 5.07. The largest absolute Gasteiger partial charge is 0.481 e. The average Bonchev–Trinajstić information content (AvgIpc) is 1.96. The second-order valence-corrected chi connectivity index (χ2v) is 11.7. The lowest BCUT2D eigenvalue weighted by Crippen LogP contribution is -2.36. The van der Waals surface area contributed by atoms with Crippen molar-refractivity contribution in [2.24, 2.45) is 5.92 Å². The molecule has 0 heterocycles. The van der Waals surface area contributed by atoms with Crippen LogP contribution in [-0.2, 0) is 4.79 Å². The van der Waals surface area contributed by atoms with Crippen LogP contribution >= 0.6 is 12.6 Å². The first-order chi connectivity index (χ1) is 6.16. The van der Waals surface area contributed by atoms with Crippen LogP contribution in [0.5, 0.6) is 0 Å². The molecule has 0 saturated heterocycles. The van der Waals surface area contributed by atoms with Crippen molar-refractivity contribution in [3.05, 3.63) is 0 Å². The Balaban J connectivity index is 4.58. The number of carboxylic acids is 1. The predicted molar refractivity (Wildman–Crippen MR) is 67.0 cm³/mol. The molecule has 0 aromatic heterocycles. The first kappa shape index (κ1) is 14.0. The number of rotatable bonds is 5. The molecule has 0 aromatic carbocycles. The Morgan fingerprint density at radius 2 is 1.79 bits per heavy atom. The summed E-state index contributed by atoms with van der Waals surface area (Å²) in [5, 5.41) is 9.31. The number of hydrogen-bond acceptors (Lipinski definition) is 2. The van der Waals surface area contributed by atoms with E-state index in [1.165, 1.54) is 0 Å². The van der Waals surface area contributed by atoms with Gasteiger partial charge in [0.15, 0.2) is 0 Å². The third-order valence-corrected chi connectivity index (χ3v) is 6.23. The zero-order chi connectivity index (χ0) is 11.5. The summed E-state index contributed by atoms with van der Waals surface area (Å²) in [4.78, 5) is 11.1. The summed E-state index contributed by atoms with van der Waals surface area (Å²) < 4.78 is 0. The molecule has 0 spiro atoms. The Bertz CT molecular complexity index is 199. The van der Waals surface area contributed by atoms with Crippen LogP contribution in [0, 0.1) is 5.92 Å². The van der Waals surface area contributed by atoms with E-state index in [-0.39, 0.29) is 11.2 Å². The van der Waals surface area contributed by atoms with Crippen LogP contribution in [0.2, 0.25) is 25.2 Å². The molecule has 14 heavy (non-hydrogen) atoms. The van der Waals surface area contributed by atoms with Gasteiger partial charge in [0.2, 0.25) is 0 Å². The van der Waals surface area contributed by atoms with Crippen molar-refractivity contribution in [2.75, 3.05) is 0 Å². The van der Waals surface area contributed by atoms with Crippen LogP contribution in [0.4, 0.5) is 0 Å². The van der Waals surface area contributed by atoms with Crippen molar-refractivity contribution >= 4 is 26.7 Å². The first-order valence-corrected chi connectivity index (χ1v) is 9.16. The van der Waals surface area contributed by atoms with Crippen molar-refractivity contribution in [3.8, 4) is 0 Å². The molecule has 2 nitrogen and oxygen atoms in total. The normalized spacial score (nSPS) is 18.7. The van der Waals surface area contributed by atoms with Crippen molar-refractivity contribution in [1.29, 1.82) is 0 Å². The molecule has 0 rings (SSSR count). The van der Waals surface area contributed by atoms with Gasteiger partial charge in [-0.25, -0.2) is 0 Å². The van der Waals surface area contributed by atoms with Gasteiger partial charge in [-0.05, 0) is 17.2 Å². The monoisotopic (exact) mass is 234 g/mol. The lowest BCUT2D eigenvalue weighted by molar-refractivity contribution is -0.142. The lowest BCUT2D eigenvalue weighted by Gasteiger charge is -2.31. The maximum Gasteiger partial charge on any atom is 0.306 e. The number of carboxylic acid groups (broad SMARTS) is 1. The summed E-state index contributed by atoms with van der Waals surface area (Å²) in [5.74, 6) is -0.894. The van der Waals surface area contributed by atoms with Crippen LogP contribution in [0.25, 0.3) is 0 Å². The highest BCUT2D eigenvalue weighted by Gasteiger charge is 2.34. The molecule has 0 aromatic rings. The topological polar surface area (TPSA) is 37.3 Å². The summed E-state index contributed by atoms with van der Waals surface area (Å²) in [6, 6.07) is 0. The van der Waals surface area contributed by atoms with Gasteiger partial charge in [-0.3, -0.25) is 4.79 Å². The fourth-order valence-corrected chi connectivity index (χ4v) is 3.20. The van der Waals surface area contributed by atoms with Crippen molar-refractivity contribution in [2.45, 2.75) is 50.7 Å². The highest BCUT2D eigenvalue weighted by atomic mass is 32.1. The van der Waals surface area contributed by atoms with Crippen LogP contribution in [0.15, 0.2) is 0 Å². The molecule has 0 aliphatic carbocycles. The molecule has 0 aliphatic heterocycles. The van der Waals surface area contributed by atoms with E-state index in [0.29, 0.717) is 12.0 Å². The zero-order valence-corrected chi connectivity index (χ0v) is 11.6. The second kappa shape index (κ2) is 5.21. The second-order valence-electron chi connectivity index (χ2n) is 5.18. The van der Waals surface area contributed by atoms with Crippen LogP contribution < -0.4 is 0 Å². The SMILES string of the molecule is CC(S)CC(C(=O)O)C(C)[Si](C)(C)C. The zero-order valence-electron chi connectivity index (χ0n) is 9.74. The number of thiol groups is 1. The van der Waals surface area contributed by atoms with Gasteiger partial charge in [0.1, 0.15) is 0 Å². The fraction of sp³-hybridized carbons (Fsp3) is 0.900. The molecule has 3 atom stereocenters. The molecular formula is C10H22O2SSi. The van der Waals surface area contributed by atoms with E-state index in [1.807, 2.05) is 6.92 Å². The average molecular weight is 234 g/mol. The maximum absolute atomic E-state index is 11.1. The van der Waals surface area contributed by atoms with Gasteiger partial charge in [0, 0.05) is 8.07 Å². The molecule has 0 fully saturated rings. The molecule has 1 N–H and O–H groups in total. The Morgan fingerprint density at radius 3 is 2.00 bits per heavy atom. The number of hydrogen-bond donors (Lipinski definition) is 2. The summed E-state index contributed by atoms with van der Waals surface area (Å²) in [7, 11) is -1.37. The van der Waals surface area contributed by atoms with Gasteiger partial charge in [0.25, 0.3) is 0 Å². The number of carbonyl (C=O) groups is 1. The summed E-state index contributed by atoms with van der Waals surface area (Å²) in [6.45, 7) is 10.7. The van der Waals surface area contributed by atoms with Crippen LogP contribution in [-0.4, -0.2) is 24.4 Å². The molecule has 0 radical (unpaired) electrons. The minimum Gasteiger partial charge on any atom is -0.481 e. The molecule has 84 valence electrons. The lowest BCUT2D eigenvalue weighted by atomic mass is 10.0. The van der Waals surface area contributed by atoms with Crippen molar-refractivity contribution < 1.29 is 9.90 Å². The van der Waals surface area contributed by atoms with Crippen LogP contribution in [0.1, 0.15) is 20.3 Å². The van der Waals surface area contributed by atoms with Crippen molar-refractivity contribution in [3.63, 3.8) is 0 Å². The van der Waals surface area contributed by atoms with E-state index in [2.05, 4.69) is 39.2 Å². The van der Waals surface area contributed by atoms with Gasteiger partial charge in [-0.1, -0.05) is 33.5 Å². The molecule has 4 heteroatoms.